The Balaban J connectivity index is 1.62. The van der Waals surface area contributed by atoms with Gasteiger partial charge in [-0.05, 0) is 51.0 Å². The highest BCUT2D eigenvalue weighted by molar-refractivity contribution is 5.88. The normalized spacial score (nSPS) is 10.8. The summed E-state index contributed by atoms with van der Waals surface area (Å²) >= 11 is 0. The molecule has 0 saturated carbocycles. The Bertz CT molecular complexity index is 967. The standard InChI is InChI=1S/C19H22N6O2/c1-12-13(2)24-25(14(12)3)10-4-7-21-19-22-9-6-16(23-19)17-11-15(18(26)27)5-8-20-17/h5-6,8-9,11H,4,7,10H2,1-3H3,(H,26,27)(H,21,22,23). The van der Waals surface area contributed by atoms with Gasteiger partial charge >= 0.3 is 5.97 Å². The second-order valence-electron chi connectivity index (χ2n) is 6.30. The van der Waals surface area contributed by atoms with Crippen LogP contribution in [-0.2, 0) is 6.54 Å². The quantitative estimate of drug-likeness (QED) is 0.619. The van der Waals surface area contributed by atoms with Gasteiger partial charge in [-0.3, -0.25) is 9.67 Å². The van der Waals surface area contributed by atoms with Gasteiger partial charge in [0.05, 0.1) is 22.6 Å². The Morgan fingerprint density at radius 1 is 1.15 bits per heavy atom. The number of aryl methyl sites for hydroxylation is 2. The number of hydrogen-bond acceptors (Lipinski definition) is 6. The van der Waals surface area contributed by atoms with E-state index in [1.807, 2.05) is 11.6 Å². The molecule has 3 aromatic rings. The van der Waals surface area contributed by atoms with E-state index < -0.39 is 5.97 Å². The lowest BCUT2D eigenvalue weighted by Gasteiger charge is -2.08. The Labute approximate surface area is 157 Å². The van der Waals surface area contributed by atoms with Gasteiger partial charge in [-0.2, -0.15) is 5.10 Å². The predicted octanol–water partition coefficient (Wildman–Crippen LogP) is 2.86. The maximum Gasteiger partial charge on any atom is 0.335 e. The molecule has 2 N–H and O–H groups in total. The Morgan fingerprint density at radius 2 is 1.93 bits per heavy atom. The zero-order valence-electron chi connectivity index (χ0n) is 15.6. The summed E-state index contributed by atoms with van der Waals surface area (Å²) in [6, 6.07) is 4.66. The number of rotatable bonds is 7. The molecule has 0 fully saturated rings. The molecule has 0 atom stereocenters. The summed E-state index contributed by atoms with van der Waals surface area (Å²) in [7, 11) is 0. The van der Waals surface area contributed by atoms with Crippen LogP contribution in [0.1, 0.15) is 33.7 Å². The number of nitrogens with zero attached hydrogens (tertiary/aromatic N) is 5. The van der Waals surface area contributed by atoms with Gasteiger partial charge in [-0.25, -0.2) is 14.8 Å². The predicted molar refractivity (Wildman–Crippen MR) is 102 cm³/mol. The number of aromatic carboxylic acids is 1. The number of nitrogens with one attached hydrogen (secondary N) is 1. The van der Waals surface area contributed by atoms with Gasteiger partial charge in [-0.15, -0.1) is 0 Å². The first-order chi connectivity index (χ1) is 13.0. The highest BCUT2D eigenvalue weighted by Crippen LogP contribution is 2.16. The van der Waals surface area contributed by atoms with Crippen molar-refractivity contribution in [3.63, 3.8) is 0 Å². The van der Waals surface area contributed by atoms with Crippen LogP contribution in [0.25, 0.3) is 11.4 Å². The van der Waals surface area contributed by atoms with E-state index in [9.17, 15) is 4.79 Å². The van der Waals surface area contributed by atoms with E-state index in [0.29, 0.717) is 23.9 Å². The average Bonchev–Trinajstić information content (AvgIpc) is 2.92. The van der Waals surface area contributed by atoms with Gasteiger partial charge in [0.1, 0.15) is 0 Å². The maximum absolute atomic E-state index is 11.1. The summed E-state index contributed by atoms with van der Waals surface area (Å²) < 4.78 is 2.02. The van der Waals surface area contributed by atoms with Crippen molar-refractivity contribution >= 4 is 11.9 Å². The van der Waals surface area contributed by atoms with Gasteiger partial charge in [-0.1, -0.05) is 0 Å². The van der Waals surface area contributed by atoms with Gasteiger partial charge in [0.25, 0.3) is 0 Å². The van der Waals surface area contributed by atoms with Crippen LogP contribution in [0.3, 0.4) is 0 Å². The van der Waals surface area contributed by atoms with E-state index in [-0.39, 0.29) is 5.56 Å². The smallest absolute Gasteiger partial charge is 0.335 e. The maximum atomic E-state index is 11.1. The van der Waals surface area contributed by atoms with Crippen LogP contribution >= 0.6 is 0 Å². The van der Waals surface area contributed by atoms with Crippen LogP contribution in [-0.4, -0.2) is 42.4 Å². The lowest BCUT2D eigenvalue weighted by molar-refractivity contribution is 0.0697. The van der Waals surface area contributed by atoms with Crippen LogP contribution in [0.5, 0.6) is 0 Å². The molecule has 0 aliphatic rings. The molecule has 0 bridgehead atoms. The van der Waals surface area contributed by atoms with Crippen molar-refractivity contribution in [2.45, 2.75) is 33.7 Å². The Kier molecular flexibility index (Phi) is 5.44. The Hall–Kier alpha value is -3.29. The van der Waals surface area contributed by atoms with Crippen molar-refractivity contribution in [2.75, 3.05) is 11.9 Å². The van der Waals surface area contributed by atoms with Crippen molar-refractivity contribution in [1.82, 2.24) is 24.7 Å². The number of carboxylic acids is 1. The minimum absolute atomic E-state index is 0.174. The molecule has 3 heterocycles. The molecule has 0 aliphatic heterocycles. The van der Waals surface area contributed by atoms with Crippen molar-refractivity contribution in [1.29, 1.82) is 0 Å². The molecule has 8 heteroatoms. The molecule has 0 amide bonds. The lowest BCUT2D eigenvalue weighted by Crippen LogP contribution is -2.11. The fourth-order valence-corrected chi connectivity index (χ4v) is 2.72. The van der Waals surface area contributed by atoms with Crippen molar-refractivity contribution in [3.05, 3.63) is 53.1 Å². The van der Waals surface area contributed by atoms with E-state index in [0.717, 1.165) is 18.7 Å². The van der Waals surface area contributed by atoms with Crippen LogP contribution in [0, 0.1) is 20.8 Å². The number of carbonyl (C=O) groups is 1. The SMILES string of the molecule is Cc1nn(CCCNc2nccc(-c3cc(C(=O)O)ccn3)n2)c(C)c1C. The first-order valence-corrected chi connectivity index (χ1v) is 8.73. The van der Waals surface area contributed by atoms with E-state index in [1.165, 1.54) is 29.6 Å². The molecular formula is C19H22N6O2. The molecule has 27 heavy (non-hydrogen) atoms. The molecule has 0 saturated heterocycles. The number of hydrogen-bond donors (Lipinski definition) is 2. The average molecular weight is 366 g/mol. The summed E-state index contributed by atoms with van der Waals surface area (Å²) in [4.78, 5) is 23.9. The van der Waals surface area contributed by atoms with E-state index in [4.69, 9.17) is 5.11 Å². The molecular weight excluding hydrogens is 344 g/mol. The molecule has 0 unspecified atom stereocenters. The highest BCUT2D eigenvalue weighted by Gasteiger charge is 2.09. The van der Waals surface area contributed by atoms with E-state index >= 15 is 0 Å². The molecule has 0 spiro atoms. The summed E-state index contributed by atoms with van der Waals surface area (Å²) in [6.07, 6.45) is 3.97. The van der Waals surface area contributed by atoms with Crippen molar-refractivity contribution < 1.29 is 9.90 Å². The number of aromatic nitrogens is 5. The highest BCUT2D eigenvalue weighted by atomic mass is 16.4. The van der Waals surface area contributed by atoms with Crippen LogP contribution in [0.15, 0.2) is 30.6 Å². The monoisotopic (exact) mass is 366 g/mol. The van der Waals surface area contributed by atoms with Crippen LogP contribution in [0.4, 0.5) is 5.95 Å². The third-order valence-electron chi connectivity index (χ3n) is 4.50. The molecule has 8 nitrogen and oxygen atoms in total. The van der Waals surface area contributed by atoms with Gasteiger partial charge in [0.2, 0.25) is 5.95 Å². The third kappa shape index (κ3) is 4.28. The number of carboxylic acid groups (broad SMARTS) is 1. The zero-order chi connectivity index (χ0) is 19.4. The second-order valence-corrected chi connectivity index (χ2v) is 6.30. The van der Waals surface area contributed by atoms with Crippen molar-refractivity contribution in [3.8, 4) is 11.4 Å². The fourth-order valence-electron chi connectivity index (χ4n) is 2.72. The van der Waals surface area contributed by atoms with E-state index in [2.05, 4.69) is 39.2 Å². The zero-order valence-corrected chi connectivity index (χ0v) is 15.6. The topological polar surface area (TPSA) is 106 Å². The van der Waals surface area contributed by atoms with E-state index in [1.54, 1.807) is 12.3 Å². The van der Waals surface area contributed by atoms with Crippen LogP contribution < -0.4 is 5.32 Å². The first kappa shape index (κ1) is 18.5. The van der Waals surface area contributed by atoms with Crippen molar-refractivity contribution in [2.24, 2.45) is 0 Å². The summed E-state index contributed by atoms with van der Waals surface area (Å²) in [5.74, 6) is -0.509. The molecule has 0 aliphatic carbocycles. The first-order valence-electron chi connectivity index (χ1n) is 8.73. The minimum atomic E-state index is -0.995. The lowest BCUT2D eigenvalue weighted by atomic mass is 10.2. The molecule has 0 aromatic carbocycles. The third-order valence-corrected chi connectivity index (χ3v) is 4.50. The second kappa shape index (κ2) is 7.94. The molecule has 140 valence electrons. The Morgan fingerprint density at radius 3 is 2.63 bits per heavy atom. The molecule has 3 aromatic heterocycles. The van der Waals surface area contributed by atoms with Crippen LogP contribution in [0.2, 0.25) is 0 Å². The molecule has 3 rings (SSSR count). The summed E-state index contributed by atoms with van der Waals surface area (Å²) in [5.41, 5.74) is 4.73. The fraction of sp³-hybridized carbons (Fsp3) is 0.316. The van der Waals surface area contributed by atoms with Gasteiger partial charge < -0.3 is 10.4 Å². The number of pyridine rings is 1. The summed E-state index contributed by atoms with van der Waals surface area (Å²) in [5, 5.41) is 16.8. The minimum Gasteiger partial charge on any atom is -0.478 e. The van der Waals surface area contributed by atoms with Gasteiger partial charge in [0, 0.05) is 31.2 Å². The summed E-state index contributed by atoms with van der Waals surface area (Å²) in [6.45, 7) is 7.69. The largest absolute Gasteiger partial charge is 0.478 e. The number of anilines is 1. The van der Waals surface area contributed by atoms with Gasteiger partial charge in [0.15, 0.2) is 0 Å². The molecule has 0 radical (unpaired) electrons.